The van der Waals surface area contributed by atoms with Gasteiger partial charge in [-0.1, -0.05) is 17.7 Å². The van der Waals surface area contributed by atoms with Crippen LogP contribution in [-0.4, -0.2) is 41.7 Å². The van der Waals surface area contributed by atoms with E-state index in [1.807, 2.05) is 12.1 Å². The molecule has 0 radical (unpaired) electrons. The smallest absolute Gasteiger partial charge is 0.238 e. The summed E-state index contributed by atoms with van der Waals surface area (Å²) < 4.78 is 0. The highest BCUT2D eigenvalue weighted by Gasteiger charge is 2.25. The van der Waals surface area contributed by atoms with E-state index in [0.29, 0.717) is 17.6 Å². The van der Waals surface area contributed by atoms with Crippen molar-refractivity contribution in [3.05, 3.63) is 29.3 Å². The number of rotatable bonds is 6. The molecule has 1 heterocycles. The lowest BCUT2D eigenvalue weighted by Gasteiger charge is -2.23. The molecule has 1 aliphatic rings. The number of benzene rings is 1. The van der Waals surface area contributed by atoms with Crippen molar-refractivity contribution in [3.63, 3.8) is 0 Å². The SMILES string of the molecule is O=C(CN1CCCC1CCCO)Nc1cccc(Cl)c1. The Balaban J connectivity index is 1.84. The van der Waals surface area contributed by atoms with Crippen LogP contribution < -0.4 is 5.32 Å². The Hall–Kier alpha value is -1.10. The fourth-order valence-corrected chi connectivity index (χ4v) is 2.90. The van der Waals surface area contributed by atoms with E-state index in [2.05, 4.69) is 10.2 Å². The van der Waals surface area contributed by atoms with Crippen LogP contribution in [0, 0.1) is 0 Å². The largest absolute Gasteiger partial charge is 0.396 e. The quantitative estimate of drug-likeness (QED) is 0.848. The van der Waals surface area contributed by atoms with Crippen molar-refractivity contribution in [3.8, 4) is 0 Å². The molecule has 1 unspecified atom stereocenters. The molecule has 1 aromatic rings. The minimum atomic E-state index is -0.0110. The molecule has 1 saturated heterocycles. The van der Waals surface area contributed by atoms with Gasteiger partial charge in [0, 0.05) is 23.4 Å². The maximum absolute atomic E-state index is 12.1. The highest BCUT2D eigenvalue weighted by Crippen LogP contribution is 2.21. The summed E-state index contributed by atoms with van der Waals surface area (Å²) in [5, 5.41) is 12.4. The van der Waals surface area contributed by atoms with Gasteiger partial charge in [0.05, 0.1) is 6.54 Å². The van der Waals surface area contributed by atoms with E-state index in [9.17, 15) is 4.79 Å². The van der Waals surface area contributed by atoms with Gasteiger partial charge >= 0.3 is 0 Å². The number of amides is 1. The number of aliphatic hydroxyl groups is 1. The number of anilines is 1. The normalized spacial score (nSPS) is 19.2. The molecule has 1 aliphatic heterocycles. The fourth-order valence-electron chi connectivity index (χ4n) is 2.71. The Morgan fingerprint density at radius 2 is 2.35 bits per heavy atom. The summed E-state index contributed by atoms with van der Waals surface area (Å²) >= 11 is 5.89. The minimum absolute atomic E-state index is 0.0110. The van der Waals surface area contributed by atoms with Crippen molar-refractivity contribution < 1.29 is 9.90 Å². The van der Waals surface area contributed by atoms with E-state index in [1.54, 1.807) is 12.1 Å². The predicted octanol–water partition coefficient (Wildman–Crippen LogP) is 2.52. The van der Waals surface area contributed by atoms with Gasteiger partial charge in [0.1, 0.15) is 0 Å². The zero-order valence-electron chi connectivity index (χ0n) is 11.5. The van der Waals surface area contributed by atoms with E-state index in [-0.39, 0.29) is 12.5 Å². The first-order valence-electron chi connectivity index (χ1n) is 7.09. The summed E-state index contributed by atoms with van der Waals surface area (Å²) in [6, 6.07) is 7.59. The zero-order valence-corrected chi connectivity index (χ0v) is 12.3. The average Bonchev–Trinajstić information content (AvgIpc) is 2.83. The Labute approximate surface area is 124 Å². The van der Waals surface area contributed by atoms with Crippen LogP contribution in [0.15, 0.2) is 24.3 Å². The van der Waals surface area contributed by atoms with Crippen molar-refractivity contribution in [1.29, 1.82) is 0 Å². The molecule has 0 aliphatic carbocycles. The van der Waals surface area contributed by atoms with Crippen LogP contribution in [0.3, 0.4) is 0 Å². The number of nitrogens with zero attached hydrogens (tertiary/aromatic N) is 1. The molecule has 0 spiro atoms. The highest BCUT2D eigenvalue weighted by molar-refractivity contribution is 6.30. The van der Waals surface area contributed by atoms with Gasteiger partial charge in [-0.05, 0) is 50.4 Å². The molecule has 0 bridgehead atoms. The summed E-state index contributed by atoms with van der Waals surface area (Å²) in [6.45, 7) is 1.58. The summed E-state index contributed by atoms with van der Waals surface area (Å²) in [5.74, 6) is -0.0110. The Morgan fingerprint density at radius 3 is 3.10 bits per heavy atom. The summed E-state index contributed by atoms with van der Waals surface area (Å²) in [6.07, 6.45) is 4.00. The van der Waals surface area contributed by atoms with Crippen LogP contribution in [0.25, 0.3) is 0 Å². The first-order valence-corrected chi connectivity index (χ1v) is 7.47. The lowest BCUT2D eigenvalue weighted by Crippen LogP contribution is -2.36. The first kappa shape index (κ1) is 15.3. The molecule has 1 amide bonds. The molecule has 2 rings (SSSR count). The van der Waals surface area contributed by atoms with Gasteiger partial charge < -0.3 is 10.4 Å². The molecule has 110 valence electrons. The van der Waals surface area contributed by atoms with Crippen molar-refractivity contribution in [2.75, 3.05) is 25.0 Å². The van der Waals surface area contributed by atoms with Crippen LogP contribution in [0.1, 0.15) is 25.7 Å². The number of hydrogen-bond donors (Lipinski definition) is 2. The second-order valence-electron chi connectivity index (χ2n) is 5.19. The molecule has 0 aromatic heterocycles. The number of carbonyl (C=O) groups is 1. The molecule has 20 heavy (non-hydrogen) atoms. The average molecular weight is 297 g/mol. The van der Waals surface area contributed by atoms with Gasteiger partial charge in [-0.2, -0.15) is 0 Å². The van der Waals surface area contributed by atoms with Crippen LogP contribution in [0.5, 0.6) is 0 Å². The topological polar surface area (TPSA) is 52.6 Å². The van der Waals surface area contributed by atoms with Gasteiger partial charge in [-0.25, -0.2) is 0 Å². The third-order valence-electron chi connectivity index (χ3n) is 3.65. The van der Waals surface area contributed by atoms with Gasteiger partial charge in [0.25, 0.3) is 0 Å². The lowest BCUT2D eigenvalue weighted by molar-refractivity contribution is -0.117. The number of carbonyl (C=O) groups excluding carboxylic acids is 1. The van der Waals surface area contributed by atoms with E-state index >= 15 is 0 Å². The number of halogens is 1. The van der Waals surface area contributed by atoms with Gasteiger partial charge in [-0.15, -0.1) is 0 Å². The van der Waals surface area contributed by atoms with Crippen molar-refractivity contribution in [2.45, 2.75) is 31.7 Å². The zero-order chi connectivity index (χ0) is 14.4. The van der Waals surface area contributed by atoms with E-state index in [4.69, 9.17) is 16.7 Å². The number of aliphatic hydroxyl groups excluding tert-OH is 1. The molecular formula is C15H21ClN2O2. The summed E-state index contributed by atoms with van der Waals surface area (Å²) in [5.41, 5.74) is 0.730. The number of likely N-dealkylation sites (tertiary alicyclic amines) is 1. The third-order valence-corrected chi connectivity index (χ3v) is 3.88. The van der Waals surface area contributed by atoms with Crippen molar-refractivity contribution in [2.24, 2.45) is 0 Å². The Bertz CT molecular complexity index is 453. The molecule has 4 nitrogen and oxygen atoms in total. The van der Waals surface area contributed by atoms with Crippen LogP contribution >= 0.6 is 11.6 Å². The van der Waals surface area contributed by atoms with E-state index < -0.39 is 0 Å². The standard InChI is InChI=1S/C15H21ClN2O2/c16-12-4-1-5-13(10-12)17-15(20)11-18-8-2-6-14(18)7-3-9-19/h1,4-5,10,14,19H,2-3,6-9,11H2,(H,17,20). The number of nitrogens with one attached hydrogen (secondary N) is 1. The summed E-state index contributed by atoms with van der Waals surface area (Å²) in [7, 11) is 0. The molecule has 5 heteroatoms. The lowest BCUT2D eigenvalue weighted by atomic mass is 10.1. The van der Waals surface area contributed by atoms with Gasteiger partial charge in [0.15, 0.2) is 0 Å². The summed E-state index contributed by atoms with van der Waals surface area (Å²) in [4.78, 5) is 14.3. The second kappa shape index (κ2) is 7.62. The van der Waals surface area contributed by atoms with Crippen molar-refractivity contribution >= 4 is 23.2 Å². The molecule has 1 fully saturated rings. The number of hydrogen-bond acceptors (Lipinski definition) is 3. The molecule has 1 atom stereocenters. The maximum Gasteiger partial charge on any atom is 0.238 e. The van der Waals surface area contributed by atoms with E-state index in [0.717, 1.165) is 37.9 Å². The minimum Gasteiger partial charge on any atom is -0.396 e. The Kier molecular flexibility index (Phi) is 5.83. The fraction of sp³-hybridized carbons (Fsp3) is 0.533. The predicted molar refractivity (Wildman–Crippen MR) is 81.0 cm³/mol. The molecule has 1 aromatic carbocycles. The van der Waals surface area contributed by atoms with Crippen LogP contribution in [-0.2, 0) is 4.79 Å². The van der Waals surface area contributed by atoms with Gasteiger partial charge in [0.2, 0.25) is 5.91 Å². The Morgan fingerprint density at radius 1 is 1.50 bits per heavy atom. The monoisotopic (exact) mass is 296 g/mol. The van der Waals surface area contributed by atoms with Crippen LogP contribution in [0.4, 0.5) is 5.69 Å². The van der Waals surface area contributed by atoms with Gasteiger partial charge in [-0.3, -0.25) is 9.69 Å². The van der Waals surface area contributed by atoms with Crippen molar-refractivity contribution in [1.82, 2.24) is 4.90 Å². The highest BCUT2D eigenvalue weighted by atomic mass is 35.5. The molecular weight excluding hydrogens is 276 g/mol. The first-order chi connectivity index (χ1) is 9.69. The maximum atomic E-state index is 12.1. The third kappa shape index (κ3) is 4.47. The van der Waals surface area contributed by atoms with Crippen LogP contribution in [0.2, 0.25) is 5.02 Å². The molecule has 2 N–H and O–H groups in total. The van der Waals surface area contributed by atoms with E-state index in [1.165, 1.54) is 0 Å². The second-order valence-corrected chi connectivity index (χ2v) is 5.63. The molecule has 0 saturated carbocycles.